The Morgan fingerprint density at radius 1 is 1.32 bits per heavy atom. The van der Waals surface area contributed by atoms with Gasteiger partial charge in [-0.2, -0.15) is 0 Å². The van der Waals surface area contributed by atoms with Crippen LogP contribution in [-0.4, -0.2) is 40.5 Å². The molecule has 106 valence electrons. The minimum absolute atomic E-state index is 0.893. The van der Waals surface area contributed by atoms with E-state index in [4.69, 9.17) is 0 Å². The molecule has 0 aliphatic heterocycles. The Bertz CT molecular complexity index is 525. The standard InChI is InChI=1S/C14H24N4S/c1-5-17(6-2)8-7-15-9-13-12(4)16-14-18(13)10-11(3)19-14/h10,15H,5-9H2,1-4H3. The van der Waals surface area contributed by atoms with Crippen molar-refractivity contribution in [2.24, 2.45) is 0 Å². The molecule has 0 saturated heterocycles. The summed E-state index contributed by atoms with van der Waals surface area (Å²) in [6, 6.07) is 0. The summed E-state index contributed by atoms with van der Waals surface area (Å²) in [4.78, 5) is 9.46. The van der Waals surface area contributed by atoms with E-state index in [1.165, 1.54) is 10.6 Å². The fraction of sp³-hybridized carbons (Fsp3) is 0.643. The van der Waals surface area contributed by atoms with Crippen molar-refractivity contribution < 1.29 is 0 Å². The third-order valence-electron chi connectivity index (χ3n) is 3.53. The molecule has 2 aromatic rings. The molecule has 2 aromatic heterocycles. The first-order valence-electron chi connectivity index (χ1n) is 7.02. The molecule has 19 heavy (non-hydrogen) atoms. The molecule has 2 rings (SSSR count). The number of fused-ring (bicyclic) bond motifs is 1. The topological polar surface area (TPSA) is 32.6 Å². The van der Waals surface area contributed by atoms with Crippen molar-refractivity contribution in [3.8, 4) is 0 Å². The molecule has 2 heterocycles. The van der Waals surface area contributed by atoms with E-state index in [9.17, 15) is 0 Å². The average Bonchev–Trinajstić information content (AvgIpc) is 2.86. The molecule has 0 spiro atoms. The van der Waals surface area contributed by atoms with Crippen LogP contribution in [0.1, 0.15) is 30.1 Å². The third-order valence-corrected chi connectivity index (χ3v) is 4.43. The van der Waals surface area contributed by atoms with Gasteiger partial charge in [-0.1, -0.05) is 13.8 Å². The first kappa shape index (κ1) is 14.5. The normalized spacial score (nSPS) is 11.8. The van der Waals surface area contributed by atoms with Crippen LogP contribution in [0.4, 0.5) is 0 Å². The van der Waals surface area contributed by atoms with Crippen LogP contribution in [0, 0.1) is 13.8 Å². The maximum atomic E-state index is 4.61. The molecule has 0 bridgehead atoms. The Morgan fingerprint density at radius 3 is 2.74 bits per heavy atom. The molecule has 1 N–H and O–H groups in total. The first-order chi connectivity index (χ1) is 9.15. The van der Waals surface area contributed by atoms with Crippen LogP contribution in [0.3, 0.4) is 0 Å². The van der Waals surface area contributed by atoms with Crippen molar-refractivity contribution in [2.75, 3.05) is 26.2 Å². The van der Waals surface area contributed by atoms with Gasteiger partial charge < -0.3 is 10.2 Å². The van der Waals surface area contributed by atoms with E-state index in [1.54, 1.807) is 11.3 Å². The summed E-state index contributed by atoms with van der Waals surface area (Å²) < 4.78 is 2.22. The summed E-state index contributed by atoms with van der Waals surface area (Å²) in [5, 5.41) is 3.53. The van der Waals surface area contributed by atoms with Gasteiger partial charge in [0.05, 0.1) is 11.4 Å². The number of thiazole rings is 1. The SMILES string of the molecule is CCN(CC)CCNCc1c(C)nc2sc(C)cn12. The molecule has 0 unspecified atom stereocenters. The number of hydrogen-bond donors (Lipinski definition) is 1. The van der Waals surface area contributed by atoms with Crippen molar-refractivity contribution in [3.05, 3.63) is 22.5 Å². The van der Waals surface area contributed by atoms with E-state index < -0.39 is 0 Å². The third kappa shape index (κ3) is 3.35. The Balaban J connectivity index is 1.92. The van der Waals surface area contributed by atoms with Crippen LogP contribution in [-0.2, 0) is 6.54 Å². The van der Waals surface area contributed by atoms with Gasteiger partial charge in [0.2, 0.25) is 0 Å². The maximum Gasteiger partial charge on any atom is 0.194 e. The van der Waals surface area contributed by atoms with Crippen molar-refractivity contribution >= 4 is 16.3 Å². The lowest BCUT2D eigenvalue weighted by atomic mass is 10.3. The smallest absolute Gasteiger partial charge is 0.194 e. The molecule has 0 atom stereocenters. The van der Waals surface area contributed by atoms with E-state index in [0.29, 0.717) is 0 Å². The fourth-order valence-corrected chi connectivity index (χ4v) is 3.20. The van der Waals surface area contributed by atoms with Crippen molar-refractivity contribution in [2.45, 2.75) is 34.2 Å². The largest absolute Gasteiger partial charge is 0.310 e. The predicted molar refractivity (Wildman–Crippen MR) is 82.0 cm³/mol. The summed E-state index contributed by atoms with van der Waals surface area (Å²) >= 11 is 1.75. The summed E-state index contributed by atoms with van der Waals surface area (Å²) in [6.07, 6.45) is 2.18. The predicted octanol–water partition coefficient (Wildman–Crippen LogP) is 2.44. The Kier molecular flexibility index (Phi) is 4.96. The molecule has 0 saturated carbocycles. The lowest BCUT2D eigenvalue weighted by molar-refractivity contribution is 0.302. The number of aromatic nitrogens is 2. The van der Waals surface area contributed by atoms with Gasteiger partial charge >= 0.3 is 0 Å². The summed E-state index contributed by atoms with van der Waals surface area (Å²) in [7, 11) is 0. The van der Waals surface area contributed by atoms with Gasteiger partial charge in [0.1, 0.15) is 0 Å². The lowest BCUT2D eigenvalue weighted by Gasteiger charge is -2.17. The fourth-order valence-electron chi connectivity index (χ4n) is 2.31. The number of aryl methyl sites for hydroxylation is 2. The molecule has 0 radical (unpaired) electrons. The second-order valence-corrected chi connectivity index (χ2v) is 6.06. The number of rotatable bonds is 7. The van der Waals surface area contributed by atoms with Crippen LogP contribution >= 0.6 is 11.3 Å². The Labute approximate surface area is 119 Å². The van der Waals surface area contributed by atoms with Gasteiger partial charge in [0.15, 0.2) is 4.96 Å². The Morgan fingerprint density at radius 2 is 2.05 bits per heavy atom. The van der Waals surface area contributed by atoms with E-state index in [2.05, 4.69) is 53.5 Å². The van der Waals surface area contributed by atoms with Crippen LogP contribution in [0.5, 0.6) is 0 Å². The first-order valence-corrected chi connectivity index (χ1v) is 7.84. The van der Waals surface area contributed by atoms with Crippen LogP contribution in [0.15, 0.2) is 6.20 Å². The van der Waals surface area contributed by atoms with E-state index >= 15 is 0 Å². The molecule has 0 aliphatic carbocycles. The Hall–Kier alpha value is -0.910. The van der Waals surface area contributed by atoms with Crippen LogP contribution in [0.25, 0.3) is 4.96 Å². The molecule has 0 amide bonds. The number of likely N-dealkylation sites (N-methyl/N-ethyl adjacent to an activating group) is 1. The van der Waals surface area contributed by atoms with Gasteiger partial charge in [-0.3, -0.25) is 4.40 Å². The zero-order chi connectivity index (χ0) is 13.8. The average molecular weight is 280 g/mol. The van der Waals surface area contributed by atoms with Gasteiger partial charge in [-0.25, -0.2) is 4.98 Å². The van der Waals surface area contributed by atoms with E-state index in [1.807, 2.05) is 0 Å². The zero-order valence-corrected chi connectivity index (χ0v) is 13.2. The maximum absolute atomic E-state index is 4.61. The number of nitrogens with zero attached hydrogens (tertiary/aromatic N) is 3. The second-order valence-electron chi connectivity index (χ2n) is 4.84. The van der Waals surface area contributed by atoms with Crippen molar-refractivity contribution in [1.29, 1.82) is 0 Å². The number of imidazole rings is 1. The summed E-state index contributed by atoms with van der Waals surface area (Å²) in [5.74, 6) is 0. The minimum atomic E-state index is 0.893. The van der Waals surface area contributed by atoms with Gasteiger partial charge in [-0.15, -0.1) is 11.3 Å². The minimum Gasteiger partial charge on any atom is -0.310 e. The quantitative estimate of drug-likeness (QED) is 0.791. The van der Waals surface area contributed by atoms with Crippen LogP contribution in [0.2, 0.25) is 0 Å². The second kappa shape index (κ2) is 6.50. The lowest BCUT2D eigenvalue weighted by Crippen LogP contribution is -2.31. The molecule has 0 aromatic carbocycles. The highest BCUT2D eigenvalue weighted by Crippen LogP contribution is 2.20. The molecule has 0 aliphatic rings. The van der Waals surface area contributed by atoms with Gasteiger partial charge in [0.25, 0.3) is 0 Å². The van der Waals surface area contributed by atoms with Crippen molar-refractivity contribution in [1.82, 2.24) is 19.6 Å². The zero-order valence-electron chi connectivity index (χ0n) is 12.4. The highest BCUT2D eigenvalue weighted by Gasteiger charge is 2.10. The molecule has 4 nitrogen and oxygen atoms in total. The van der Waals surface area contributed by atoms with E-state index in [0.717, 1.165) is 43.4 Å². The molecule has 0 fully saturated rings. The monoisotopic (exact) mass is 280 g/mol. The van der Waals surface area contributed by atoms with Gasteiger partial charge in [-0.05, 0) is 26.9 Å². The van der Waals surface area contributed by atoms with Crippen LogP contribution < -0.4 is 5.32 Å². The highest BCUT2D eigenvalue weighted by molar-refractivity contribution is 7.17. The molecular weight excluding hydrogens is 256 g/mol. The summed E-state index contributed by atoms with van der Waals surface area (Å²) in [5.41, 5.74) is 2.43. The summed E-state index contributed by atoms with van der Waals surface area (Å²) in [6.45, 7) is 13.9. The van der Waals surface area contributed by atoms with Gasteiger partial charge in [0, 0.05) is 30.7 Å². The highest BCUT2D eigenvalue weighted by atomic mass is 32.1. The molecule has 5 heteroatoms. The molecular formula is C14H24N4S. The van der Waals surface area contributed by atoms with E-state index in [-0.39, 0.29) is 0 Å². The van der Waals surface area contributed by atoms with Crippen molar-refractivity contribution in [3.63, 3.8) is 0 Å². The number of hydrogen-bond acceptors (Lipinski definition) is 4. The number of nitrogens with one attached hydrogen (secondary N) is 1.